The molecule has 0 aliphatic carbocycles. The fourth-order valence-corrected chi connectivity index (χ4v) is 2.11. The molecule has 0 fully saturated rings. The third-order valence-electron chi connectivity index (χ3n) is 2.61. The van der Waals surface area contributed by atoms with Crippen LogP contribution in [-0.4, -0.2) is 35.6 Å². The zero-order chi connectivity index (χ0) is 13.2. The lowest BCUT2D eigenvalue weighted by atomic mass is 10.2. The van der Waals surface area contributed by atoms with Crippen LogP contribution in [0, 0.1) is 0 Å². The molecule has 6 heteroatoms. The van der Waals surface area contributed by atoms with Crippen molar-refractivity contribution in [3.05, 3.63) is 6.33 Å². The molecular weight excluding hydrogens is 248 g/mol. The van der Waals surface area contributed by atoms with Crippen molar-refractivity contribution < 1.29 is 4.74 Å². The van der Waals surface area contributed by atoms with E-state index in [1.54, 1.807) is 7.11 Å². The summed E-state index contributed by atoms with van der Waals surface area (Å²) in [5.74, 6) is 2.34. The van der Waals surface area contributed by atoms with E-state index in [4.69, 9.17) is 10.5 Å². The first kappa shape index (κ1) is 14.9. The van der Waals surface area contributed by atoms with E-state index in [1.807, 2.05) is 11.8 Å². The van der Waals surface area contributed by atoms with Crippen LogP contribution in [0.3, 0.4) is 0 Å². The Morgan fingerprint density at radius 3 is 2.78 bits per heavy atom. The molecule has 0 spiro atoms. The minimum Gasteiger partial charge on any atom is -0.479 e. The molecule has 5 nitrogen and oxygen atoms in total. The zero-order valence-electron chi connectivity index (χ0n) is 11.1. The Morgan fingerprint density at radius 2 is 2.06 bits per heavy atom. The van der Waals surface area contributed by atoms with Gasteiger partial charge in [0.2, 0.25) is 5.88 Å². The van der Waals surface area contributed by atoms with E-state index in [9.17, 15) is 0 Å². The molecular formula is C12H22N4OS. The number of nitrogens with two attached hydrogens (primary N) is 1. The van der Waals surface area contributed by atoms with Crippen molar-refractivity contribution in [2.24, 2.45) is 0 Å². The standard InChI is InChI=1S/C12H22N4OS/c1-17-12-10(13)11(15-9-16-12)14-7-5-3-4-6-8-18-2/h9H,3-8,13H2,1-2H3,(H,14,15,16). The monoisotopic (exact) mass is 270 g/mol. The lowest BCUT2D eigenvalue weighted by Crippen LogP contribution is -2.08. The van der Waals surface area contributed by atoms with Gasteiger partial charge in [-0.1, -0.05) is 12.8 Å². The summed E-state index contributed by atoms with van der Waals surface area (Å²) in [5.41, 5.74) is 6.33. The first-order valence-corrected chi connectivity index (χ1v) is 7.56. The second-order valence-corrected chi connectivity index (χ2v) is 4.96. The molecule has 18 heavy (non-hydrogen) atoms. The van der Waals surface area contributed by atoms with Gasteiger partial charge in [-0.25, -0.2) is 4.98 Å². The fourth-order valence-electron chi connectivity index (χ4n) is 1.61. The number of nitrogens with one attached hydrogen (secondary N) is 1. The number of ether oxygens (including phenoxy) is 1. The zero-order valence-corrected chi connectivity index (χ0v) is 11.9. The van der Waals surface area contributed by atoms with Crippen LogP contribution in [-0.2, 0) is 0 Å². The molecule has 0 bridgehead atoms. The van der Waals surface area contributed by atoms with E-state index in [2.05, 4.69) is 21.5 Å². The van der Waals surface area contributed by atoms with Crippen LogP contribution in [0.15, 0.2) is 6.33 Å². The van der Waals surface area contributed by atoms with E-state index in [0.717, 1.165) is 13.0 Å². The van der Waals surface area contributed by atoms with Crippen molar-refractivity contribution in [1.29, 1.82) is 0 Å². The number of nitrogen functional groups attached to an aromatic ring is 1. The quantitative estimate of drug-likeness (QED) is 0.671. The van der Waals surface area contributed by atoms with Crippen molar-refractivity contribution in [3.8, 4) is 5.88 Å². The molecule has 0 saturated heterocycles. The highest BCUT2D eigenvalue weighted by atomic mass is 32.2. The number of hydrogen-bond acceptors (Lipinski definition) is 6. The highest BCUT2D eigenvalue weighted by Crippen LogP contribution is 2.23. The Labute approximate surface area is 113 Å². The maximum absolute atomic E-state index is 5.86. The molecule has 0 radical (unpaired) electrons. The predicted octanol–water partition coefficient (Wildman–Crippen LogP) is 2.40. The van der Waals surface area contributed by atoms with Crippen molar-refractivity contribution >= 4 is 23.3 Å². The Bertz CT molecular complexity index is 349. The van der Waals surface area contributed by atoms with Crippen LogP contribution in [0.5, 0.6) is 5.88 Å². The van der Waals surface area contributed by atoms with Gasteiger partial charge in [-0.05, 0) is 24.9 Å². The minimum absolute atomic E-state index is 0.424. The number of hydrogen-bond donors (Lipinski definition) is 2. The third-order valence-corrected chi connectivity index (χ3v) is 3.31. The van der Waals surface area contributed by atoms with Crippen molar-refractivity contribution in [1.82, 2.24) is 9.97 Å². The summed E-state index contributed by atoms with van der Waals surface area (Å²) >= 11 is 1.91. The number of aromatic nitrogens is 2. The minimum atomic E-state index is 0.424. The molecule has 1 rings (SSSR count). The molecule has 0 atom stereocenters. The van der Waals surface area contributed by atoms with Crippen LogP contribution >= 0.6 is 11.8 Å². The second-order valence-electron chi connectivity index (χ2n) is 3.98. The van der Waals surface area contributed by atoms with Crippen molar-refractivity contribution in [2.75, 3.05) is 36.7 Å². The van der Waals surface area contributed by atoms with Gasteiger partial charge >= 0.3 is 0 Å². The molecule has 0 unspecified atom stereocenters. The highest BCUT2D eigenvalue weighted by molar-refractivity contribution is 7.98. The molecule has 1 aromatic rings. The Balaban J connectivity index is 2.23. The maximum atomic E-state index is 5.86. The van der Waals surface area contributed by atoms with Crippen LogP contribution in [0.25, 0.3) is 0 Å². The first-order chi connectivity index (χ1) is 8.79. The van der Waals surface area contributed by atoms with Crippen LogP contribution in [0.4, 0.5) is 11.5 Å². The van der Waals surface area contributed by atoms with E-state index < -0.39 is 0 Å². The lowest BCUT2D eigenvalue weighted by molar-refractivity contribution is 0.399. The van der Waals surface area contributed by atoms with Crippen LogP contribution in [0.2, 0.25) is 0 Å². The average molecular weight is 270 g/mol. The molecule has 0 aliphatic heterocycles. The Morgan fingerprint density at radius 1 is 1.28 bits per heavy atom. The number of rotatable bonds is 9. The van der Waals surface area contributed by atoms with Crippen LogP contribution < -0.4 is 15.8 Å². The molecule has 3 N–H and O–H groups in total. The highest BCUT2D eigenvalue weighted by Gasteiger charge is 2.06. The molecule has 1 heterocycles. The number of anilines is 2. The van der Waals surface area contributed by atoms with Gasteiger partial charge < -0.3 is 15.8 Å². The van der Waals surface area contributed by atoms with E-state index in [1.165, 1.54) is 31.3 Å². The summed E-state index contributed by atoms with van der Waals surface area (Å²) in [6, 6.07) is 0. The summed E-state index contributed by atoms with van der Waals surface area (Å²) in [5, 5.41) is 3.22. The van der Waals surface area contributed by atoms with Crippen molar-refractivity contribution in [2.45, 2.75) is 25.7 Å². The topological polar surface area (TPSA) is 73.1 Å². The molecule has 0 saturated carbocycles. The van der Waals surface area contributed by atoms with Gasteiger partial charge in [0.25, 0.3) is 0 Å². The maximum Gasteiger partial charge on any atom is 0.242 e. The summed E-state index contributed by atoms with van der Waals surface area (Å²) in [7, 11) is 1.55. The Kier molecular flexibility index (Phi) is 7.32. The van der Waals surface area contributed by atoms with Gasteiger partial charge in [0.1, 0.15) is 12.0 Å². The molecule has 0 amide bonds. The largest absolute Gasteiger partial charge is 0.479 e. The summed E-state index contributed by atoms with van der Waals surface area (Å²) in [6.45, 7) is 0.879. The molecule has 102 valence electrons. The van der Waals surface area contributed by atoms with E-state index in [-0.39, 0.29) is 0 Å². The molecule has 1 aromatic heterocycles. The van der Waals surface area contributed by atoms with Gasteiger partial charge in [0.05, 0.1) is 7.11 Å². The second kappa shape index (κ2) is 8.85. The average Bonchev–Trinajstić information content (AvgIpc) is 2.39. The van der Waals surface area contributed by atoms with Gasteiger partial charge in [-0.2, -0.15) is 16.7 Å². The molecule has 0 aromatic carbocycles. The van der Waals surface area contributed by atoms with Gasteiger partial charge in [-0.3, -0.25) is 0 Å². The SMILES string of the molecule is COc1ncnc(NCCCCCCSC)c1N. The number of methoxy groups -OCH3 is 1. The smallest absolute Gasteiger partial charge is 0.242 e. The van der Waals surface area contributed by atoms with Gasteiger partial charge in [-0.15, -0.1) is 0 Å². The summed E-state index contributed by atoms with van der Waals surface area (Å²) in [4.78, 5) is 8.04. The van der Waals surface area contributed by atoms with Gasteiger partial charge in [0.15, 0.2) is 5.82 Å². The lowest BCUT2D eigenvalue weighted by Gasteiger charge is -2.09. The summed E-state index contributed by atoms with van der Waals surface area (Å²) in [6.07, 6.45) is 8.54. The third kappa shape index (κ3) is 5.00. The normalized spacial score (nSPS) is 10.3. The van der Waals surface area contributed by atoms with Gasteiger partial charge in [0, 0.05) is 6.54 Å². The number of nitrogens with zero attached hydrogens (tertiary/aromatic N) is 2. The van der Waals surface area contributed by atoms with E-state index >= 15 is 0 Å². The van der Waals surface area contributed by atoms with Crippen LogP contribution in [0.1, 0.15) is 25.7 Å². The van der Waals surface area contributed by atoms with Crippen molar-refractivity contribution in [3.63, 3.8) is 0 Å². The Hall–Kier alpha value is -1.17. The number of thioether (sulfide) groups is 1. The summed E-state index contributed by atoms with van der Waals surface area (Å²) < 4.78 is 5.04. The molecule has 0 aliphatic rings. The van der Waals surface area contributed by atoms with E-state index in [0.29, 0.717) is 17.4 Å². The first-order valence-electron chi connectivity index (χ1n) is 6.17. The fraction of sp³-hybridized carbons (Fsp3) is 0.667. The number of unbranched alkanes of at least 4 members (excludes halogenated alkanes) is 3. The predicted molar refractivity (Wildman–Crippen MR) is 78.3 cm³/mol.